The Labute approximate surface area is 111 Å². The van der Waals surface area contributed by atoms with Crippen LogP contribution in [0.15, 0.2) is 12.1 Å². The third kappa shape index (κ3) is 6.33. The van der Waals surface area contributed by atoms with Gasteiger partial charge in [0.1, 0.15) is 0 Å². The molecule has 0 saturated carbocycles. The largest absolute Gasteiger partial charge is 0.356 e. The number of rotatable bonds is 6. The molecule has 1 rings (SSSR count). The quantitative estimate of drug-likeness (QED) is 0.841. The summed E-state index contributed by atoms with van der Waals surface area (Å²) in [5.41, 5.74) is 5.31. The van der Waals surface area contributed by atoms with E-state index >= 15 is 0 Å². The van der Waals surface area contributed by atoms with Crippen molar-refractivity contribution in [2.75, 3.05) is 13.1 Å². The van der Waals surface area contributed by atoms with E-state index in [0.717, 1.165) is 17.2 Å². The van der Waals surface area contributed by atoms with Gasteiger partial charge in [-0.25, -0.2) is 0 Å². The molecule has 0 unspecified atom stereocenters. The zero-order valence-electron chi connectivity index (χ0n) is 8.87. The summed E-state index contributed by atoms with van der Waals surface area (Å²) in [6.45, 7) is 1.23. The molecule has 0 aliphatic carbocycles. The second-order valence-corrected chi connectivity index (χ2v) is 5.00. The number of nitrogens with one attached hydrogen (secondary N) is 1. The van der Waals surface area contributed by atoms with Gasteiger partial charge in [-0.2, -0.15) is 0 Å². The first kappa shape index (κ1) is 15.7. The summed E-state index contributed by atoms with van der Waals surface area (Å²) < 4.78 is 0.791. The van der Waals surface area contributed by atoms with Crippen LogP contribution >= 0.6 is 35.3 Å². The molecule has 0 bridgehead atoms. The molecule has 0 spiro atoms. The minimum atomic E-state index is 0. The smallest absolute Gasteiger partial charge is 0.220 e. The summed E-state index contributed by atoms with van der Waals surface area (Å²) in [4.78, 5) is 12.4. The van der Waals surface area contributed by atoms with Crippen molar-refractivity contribution in [3.63, 3.8) is 0 Å². The summed E-state index contributed by atoms with van der Waals surface area (Å²) in [5, 5.41) is 2.84. The van der Waals surface area contributed by atoms with E-state index < -0.39 is 0 Å². The molecule has 0 fully saturated rings. The number of amides is 1. The molecule has 16 heavy (non-hydrogen) atoms. The van der Waals surface area contributed by atoms with Crippen molar-refractivity contribution in [1.29, 1.82) is 0 Å². The van der Waals surface area contributed by atoms with Crippen molar-refractivity contribution < 1.29 is 4.79 Å². The molecule has 0 aliphatic heterocycles. The highest BCUT2D eigenvalue weighted by Gasteiger charge is 2.01. The number of hydrogen-bond acceptors (Lipinski definition) is 3. The lowest BCUT2D eigenvalue weighted by Gasteiger charge is -2.02. The van der Waals surface area contributed by atoms with E-state index in [1.54, 1.807) is 11.3 Å². The van der Waals surface area contributed by atoms with Crippen molar-refractivity contribution in [3.8, 4) is 0 Å². The monoisotopic (exact) mass is 282 g/mol. The summed E-state index contributed by atoms with van der Waals surface area (Å²) in [6.07, 6.45) is 2.10. The van der Waals surface area contributed by atoms with Crippen LogP contribution in [0.5, 0.6) is 0 Å². The molecule has 0 aromatic carbocycles. The van der Waals surface area contributed by atoms with Gasteiger partial charge in [0.2, 0.25) is 5.91 Å². The van der Waals surface area contributed by atoms with E-state index in [1.165, 1.54) is 4.88 Å². The number of carbonyl (C=O) groups is 1. The van der Waals surface area contributed by atoms with Gasteiger partial charge in [0.15, 0.2) is 0 Å². The Morgan fingerprint density at radius 1 is 1.50 bits per heavy atom. The highest BCUT2D eigenvalue weighted by Crippen LogP contribution is 2.21. The first-order valence-corrected chi connectivity index (χ1v) is 6.13. The third-order valence-electron chi connectivity index (χ3n) is 1.93. The lowest BCUT2D eigenvalue weighted by atomic mass is 10.3. The maximum Gasteiger partial charge on any atom is 0.220 e. The molecule has 1 amide bonds. The molecule has 0 radical (unpaired) electrons. The van der Waals surface area contributed by atoms with Crippen molar-refractivity contribution in [3.05, 3.63) is 21.3 Å². The normalized spacial score (nSPS) is 9.62. The first-order chi connectivity index (χ1) is 7.22. The fourth-order valence-electron chi connectivity index (χ4n) is 1.16. The Hall–Kier alpha value is -0.290. The summed E-state index contributed by atoms with van der Waals surface area (Å²) in [7, 11) is 0. The van der Waals surface area contributed by atoms with Gasteiger partial charge >= 0.3 is 0 Å². The van der Waals surface area contributed by atoms with Crippen LogP contribution in [-0.4, -0.2) is 19.0 Å². The molecule has 3 N–H and O–H groups in total. The summed E-state index contributed by atoms with van der Waals surface area (Å²) in [5.74, 6) is 0.0723. The van der Waals surface area contributed by atoms with Crippen LogP contribution in [0, 0.1) is 0 Å². The molecule has 1 aromatic rings. The second-order valence-electron chi connectivity index (χ2n) is 3.20. The Morgan fingerprint density at radius 3 is 2.81 bits per heavy atom. The highest BCUT2D eigenvalue weighted by molar-refractivity contribution is 7.16. The number of nitrogens with two attached hydrogens (primary N) is 1. The Kier molecular flexibility index (Phi) is 8.66. The average molecular weight is 283 g/mol. The van der Waals surface area contributed by atoms with Crippen LogP contribution in [0.1, 0.15) is 17.7 Å². The van der Waals surface area contributed by atoms with E-state index in [9.17, 15) is 4.79 Å². The van der Waals surface area contributed by atoms with Crippen molar-refractivity contribution in [1.82, 2.24) is 5.32 Å². The lowest BCUT2D eigenvalue weighted by molar-refractivity contribution is -0.121. The van der Waals surface area contributed by atoms with E-state index in [2.05, 4.69) is 5.32 Å². The minimum Gasteiger partial charge on any atom is -0.356 e. The topological polar surface area (TPSA) is 55.1 Å². The van der Waals surface area contributed by atoms with Crippen LogP contribution in [-0.2, 0) is 11.2 Å². The van der Waals surface area contributed by atoms with Gasteiger partial charge in [-0.3, -0.25) is 4.79 Å². The van der Waals surface area contributed by atoms with Gasteiger partial charge < -0.3 is 11.1 Å². The van der Waals surface area contributed by atoms with E-state index in [-0.39, 0.29) is 18.3 Å². The zero-order valence-corrected chi connectivity index (χ0v) is 11.3. The highest BCUT2D eigenvalue weighted by atomic mass is 35.5. The van der Waals surface area contributed by atoms with Gasteiger partial charge in [-0.05, 0) is 31.5 Å². The van der Waals surface area contributed by atoms with Gasteiger partial charge in [0.25, 0.3) is 0 Å². The van der Waals surface area contributed by atoms with Gasteiger partial charge in [-0.15, -0.1) is 23.7 Å². The van der Waals surface area contributed by atoms with Crippen LogP contribution in [0.4, 0.5) is 0 Å². The van der Waals surface area contributed by atoms with Crippen LogP contribution in [0.25, 0.3) is 0 Å². The lowest BCUT2D eigenvalue weighted by Crippen LogP contribution is -2.25. The Morgan fingerprint density at radius 2 is 2.25 bits per heavy atom. The predicted molar refractivity (Wildman–Crippen MR) is 71.6 cm³/mol. The van der Waals surface area contributed by atoms with Gasteiger partial charge in [0, 0.05) is 17.8 Å². The molecule has 92 valence electrons. The Bertz CT molecular complexity index is 318. The molecular formula is C10H16Cl2N2OS. The fraction of sp³-hybridized carbons (Fsp3) is 0.500. The van der Waals surface area contributed by atoms with Crippen LogP contribution < -0.4 is 11.1 Å². The first-order valence-electron chi connectivity index (χ1n) is 4.93. The second kappa shape index (κ2) is 8.82. The minimum absolute atomic E-state index is 0. The molecule has 0 atom stereocenters. The van der Waals surface area contributed by atoms with E-state index in [1.807, 2.05) is 12.1 Å². The predicted octanol–water partition coefficient (Wildman–Crippen LogP) is 2.22. The standard InChI is InChI=1S/C10H15ClN2OS.ClH/c11-9-4-3-8(15-9)5-7-13-10(14)2-1-6-12;/h3-4H,1-2,5-7,12H2,(H,13,14);1H. The average Bonchev–Trinajstić information content (AvgIpc) is 2.61. The van der Waals surface area contributed by atoms with Crippen LogP contribution in [0.3, 0.4) is 0 Å². The zero-order chi connectivity index (χ0) is 11.1. The molecule has 3 nitrogen and oxygen atoms in total. The van der Waals surface area contributed by atoms with E-state index in [4.69, 9.17) is 17.3 Å². The van der Waals surface area contributed by atoms with Crippen LogP contribution in [0.2, 0.25) is 4.34 Å². The summed E-state index contributed by atoms with van der Waals surface area (Å²) in [6, 6.07) is 3.86. The molecule has 0 aliphatic rings. The number of thiophene rings is 1. The third-order valence-corrected chi connectivity index (χ3v) is 3.22. The molecular weight excluding hydrogens is 267 g/mol. The molecule has 0 saturated heterocycles. The fourth-order valence-corrected chi connectivity index (χ4v) is 2.25. The summed E-state index contributed by atoms with van der Waals surface area (Å²) >= 11 is 7.34. The van der Waals surface area contributed by atoms with Gasteiger partial charge in [-0.1, -0.05) is 11.6 Å². The van der Waals surface area contributed by atoms with Gasteiger partial charge in [0.05, 0.1) is 4.34 Å². The number of halogens is 2. The molecule has 1 aromatic heterocycles. The maximum atomic E-state index is 11.2. The SMILES string of the molecule is Cl.NCCCC(=O)NCCc1ccc(Cl)s1. The van der Waals surface area contributed by atoms with Crippen molar-refractivity contribution in [2.45, 2.75) is 19.3 Å². The van der Waals surface area contributed by atoms with Crippen molar-refractivity contribution in [2.24, 2.45) is 5.73 Å². The molecule has 6 heteroatoms. The number of carbonyl (C=O) groups excluding carboxylic acids is 1. The molecule has 1 heterocycles. The van der Waals surface area contributed by atoms with Crippen molar-refractivity contribution >= 4 is 41.3 Å². The number of hydrogen-bond donors (Lipinski definition) is 2. The Balaban J connectivity index is 0.00000225. The maximum absolute atomic E-state index is 11.2. The van der Waals surface area contributed by atoms with E-state index in [0.29, 0.717) is 19.5 Å².